The Morgan fingerprint density at radius 3 is 2.67 bits per heavy atom. The summed E-state index contributed by atoms with van der Waals surface area (Å²) >= 11 is 0. The number of pyridine rings is 1. The Labute approximate surface area is 179 Å². The van der Waals surface area contributed by atoms with Gasteiger partial charge in [0.2, 0.25) is 5.91 Å². The molecule has 0 radical (unpaired) electrons. The van der Waals surface area contributed by atoms with Crippen molar-refractivity contribution in [2.24, 2.45) is 0 Å². The van der Waals surface area contributed by atoms with E-state index in [2.05, 4.69) is 4.98 Å². The van der Waals surface area contributed by atoms with Gasteiger partial charge in [-0.1, -0.05) is 29.0 Å². The number of carbonyl (C=O) groups excluding carboxylic acids is 3. The van der Waals surface area contributed by atoms with Crippen molar-refractivity contribution in [2.75, 3.05) is 5.88 Å². The SMILES string of the molecule is O=C1CCC(N2Cc3ccccc3C2=O)C(=O)N1CSSc1ccc([N+](=O)[O-])cn1. The number of hydrogen-bond acceptors (Lipinski definition) is 8. The largest absolute Gasteiger partial charge is 0.322 e. The van der Waals surface area contributed by atoms with Crippen molar-refractivity contribution in [3.05, 3.63) is 63.8 Å². The van der Waals surface area contributed by atoms with Crippen LogP contribution in [0.2, 0.25) is 0 Å². The molecular weight excluding hydrogens is 428 g/mol. The summed E-state index contributed by atoms with van der Waals surface area (Å²) in [6, 6.07) is 9.46. The molecule has 0 aliphatic carbocycles. The number of piperidine rings is 1. The lowest BCUT2D eigenvalue weighted by molar-refractivity contribution is -0.385. The second-order valence-electron chi connectivity index (χ2n) is 6.75. The quantitative estimate of drug-likeness (QED) is 0.289. The minimum atomic E-state index is -0.661. The van der Waals surface area contributed by atoms with Crippen LogP contribution < -0.4 is 0 Å². The number of imide groups is 1. The van der Waals surface area contributed by atoms with E-state index < -0.39 is 11.0 Å². The lowest BCUT2D eigenvalue weighted by atomic mass is 10.0. The van der Waals surface area contributed by atoms with Crippen molar-refractivity contribution < 1.29 is 19.3 Å². The summed E-state index contributed by atoms with van der Waals surface area (Å²) in [5.74, 6) is -0.732. The predicted molar refractivity (Wildman–Crippen MR) is 110 cm³/mol. The number of hydrogen-bond donors (Lipinski definition) is 0. The number of nitro groups is 1. The molecule has 4 rings (SSSR count). The van der Waals surface area contributed by atoms with Crippen LogP contribution >= 0.6 is 21.6 Å². The van der Waals surface area contributed by atoms with Gasteiger partial charge >= 0.3 is 0 Å². The molecule has 1 atom stereocenters. The molecule has 1 unspecified atom stereocenters. The topological polar surface area (TPSA) is 114 Å². The first-order valence-electron chi connectivity index (χ1n) is 9.08. The van der Waals surface area contributed by atoms with Gasteiger partial charge < -0.3 is 4.90 Å². The molecule has 1 aromatic carbocycles. The minimum Gasteiger partial charge on any atom is -0.322 e. The minimum absolute atomic E-state index is 0.104. The van der Waals surface area contributed by atoms with E-state index in [1.807, 2.05) is 12.1 Å². The lowest BCUT2D eigenvalue weighted by Gasteiger charge is -2.35. The van der Waals surface area contributed by atoms with E-state index in [0.29, 0.717) is 23.6 Å². The molecule has 2 aromatic rings. The number of carbonyl (C=O) groups is 3. The van der Waals surface area contributed by atoms with Crippen molar-refractivity contribution >= 4 is 45.0 Å². The van der Waals surface area contributed by atoms with Crippen molar-refractivity contribution in [2.45, 2.75) is 30.5 Å². The van der Waals surface area contributed by atoms with Crippen LogP contribution in [0.15, 0.2) is 47.6 Å². The number of amides is 3. The molecule has 1 fully saturated rings. The Kier molecular flexibility index (Phi) is 5.73. The van der Waals surface area contributed by atoms with Gasteiger partial charge in [-0.3, -0.25) is 29.4 Å². The van der Waals surface area contributed by atoms with E-state index in [1.54, 1.807) is 17.0 Å². The Morgan fingerprint density at radius 2 is 1.97 bits per heavy atom. The summed E-state index contributed by atoms with van der Waals surface area (Å²) in [6.07, 6.45) is 1.67. The zero-order chi connectivity index (χ0) is 21.3. The van der Waals surface area contributed by atoms with Crippen molar-refractivity contribution in [1.29, 1.82) is 0 Å². The van der Waals surface area contributed by atoms with Crippen LogP contribution in [-0.4, -0.2) is 49.3 Å². The van der Waals surface area contributed by atoms with Gasteiger partial charge in [-0.15, -0.1) is 0 Å². The fraction of sp³-hybridized carbons (Fsp3) is 0.263. The molecule has 0 bridgehead atoms. The van der Waals surface area contributed by atoms with Crippen LogP contribution in [0.3, 0.4) is 0 Å². The monoisotopic (exact) mass is 444 g/mol. The molecule has 30 heavy (non-hydrogen) atoms. The predicted octanol–water partition coefficient (Wildman–Crippen LogP) is 2.86. The van der Waals surface area contributed by atoms with Crippen LogP contribution in [0.4, 0.5) is 5.69 Å². The Balaban J connectivity index is 1.39. The first-order chi connectivity index (χ1) is 14.5. The molecule has 11 heteroatoms. The van der Waals surface area contributed by atoms with Gasteiger partial charge in [-0.25, -0.2) is 4.98 Å². The number of rotatable bonds is 6. The summed E-state index contributed by atoms with van der Waals surface area (Å²) in [4.78, 5) is 54.9. The van der Waals surface area contributed by atoms with Crippen LogP contribution in [-0.2, 0) is 16.1 Å². The average molecular weight is 444 g/mol. The lowest BCUT2D eigenvalue weighted by Crippen LogP contribution is -2.54. The molecular formula is C19H16N4O5S2. The maximum absolute atomic E-state index is 13.0. The zero-order valence-corrected chi connectivity index (χ0v) is 17.2. The highest BCUT2D eigenvalue weighted by Crippen LogP contribution is 2.33. The van der Waals surface area contributed by atoms with Gasteiger partial charge in [-0.05, 0) is 34.9 Å². The molecule has 0 spiro atoms. The Morgan fingerprint density at radius 1 is 1.17 bits per heavy atom. The maximum Gasteiger partial charge on any atom is 0.287 e. The van der Waals surface area contributed by atoms with E-state index in [4.69, 9.17) is 0 Å². The summed E-state index contributed by atoms with van der Waals surface area (Å²) in [6.45, 7) is 0.363. The van der Waals surface area contributed by atoms with E-state index in [-0.39, 0.29) is 35.7 Å². The second kappa shape index (κ2) is 8.44. The number of aromatic nitrogens is 1. The number of nitrogens with zero attached hydrogens (tertiary/aromatic N) is 4. The molecule has 1 aromatic heterocycles. The van der Waals surface area contributed by atoms with Gasteiger partial charge in [-0.2, -0.15) is 0 Å². The van der Waals surface area contributed by atoms with Gasteiger partial charge in [0.05, 0.1) is 10.8 Å². The molecule has 0 saturated carbocycles. The molecule has 1 saturated heterocycles. The zero-order valence-electron chi connectivity index (χ0n) is 15.6. The van der Waals surface area contributed by atoms with Crippen LogP contribution in [0, 0.1) is 10.1 Å². The third-order valence-corrected chi connectivity index (χ3v) is 7.04. The van der Waals surface area contributed by atoms with Crippen molar-refractivity contribution in [3.8, 4) is 0 Å². The molecule has 2 aliphatic rings. The molecule has 2 aliphatic heterocycles. The average Bonchev–Trinajstić information content (AvgIpc) is 3.07. The summed E-state index contributed by atoms with van der Waals surface area (Å²) in [7, 11) is 2.45. The third kappa shape index (κ3) is 3.90. The summed E-state index contributed by atoms with van der Waals surface area (Å²) in [5, 5.41) is 11.2. The molecule has 0 N–H and O–H groups in total. The number of fused-ring (bicyclic) bond motifs is 1. The standard InChI is InChI=1S/C19H16N4O5S2/c24-17-8-6-15(21-10-12-3-1-2-4-14(12)18(21)25)19(26)22(17)11-29-30-16-7-5-13(9-20-16)23(27)28/h1-5,7,9,15H,6,8,10-11H2. The van der Waals surface area contributed by atoms with Crippen molar-refractivity contribution in [3.63, 3.8) is 0 Å². The smallest absolute Gasteiger partial charge is 0.287 e. The van der Waals surface area contributed by atoms with E-state index in [9.17, 15) is 24.5 Å². The van der Waals surface area contributed by atoms with Crippen LogP contribution in [0.5, 0.6) is 0 Å². The molecule has 9 nitrogen and oxygen atoms in total. The van der Waals surface area contributed by atoms with E-state index in [0.717, 1.165) is 11.8 Å². The summed E-state index contributed by atoms with van der Waals surface area (Å²) < 4.78 is 0. The highest BCUT2D eigenvalue weighted by atomic mass is 33.1. The number of benzene rings is 1. The van der Waals surface area contributed by atoms with Crippen LogP contribution in [0.1, 0.15) is 28.8 Å². The van der Waals surface area contributed by atoms with Gasteiger partial charge in [0, 0.05) is 24.6 Å². The van der Waals surface area contributed by atoms with E-state index >= 15 is 0 Å². The van der Waals surface area contributed by atoms with E-state index in [1.165, 1.54) is 38.6 Å². The molecule has 3 heterocycles. The normalized spacial score (nSPS) is 18.7. The maximum atomic E-state index is 13.0. The molecule has 3 amide bonds. The van der Waals surface area contributed by atoms with Crippen LogP contribution in [0.25, 0.3) is 0 Å². The third-order valence-electron chi connectivity index (χ3n) is 4.97. The van der Waals surface area contributed by atoms with Crippen molar-refractivity contribution in [1.82, 2.24) is 14.8 Å². The number of likely N-dealkylation sites (tertiary alicyclic amines) is 1. The highest BCUT2D eigenvalue weighted by Gasteiger charge is 2.42. The second-order valence-corrected chi connectivity index (χ2v) is 9.03. The summed E-state index contributed by atoms with van der Waals surface area (Å²) in [5.41, 5.74) is 1.38. The fourth-order valence-corrected chi connectivity index (χ4v) is 5.35. The Hall–Kier alpha value is -2.92. The highest BCUT2D eigenvalue weighted by molar-refractivity contribution is 8.76. The molecule has 154 valence electrons. The first-order valence-corrected chi connectivity index (χ1v) is 11.4. The van der Waals surface area contributed by atoms with Gasteiger partial charge in [0.15, 0.2) is 0 Å². The van der Waals surface area contributed by atoms with Gasteiger partial charge in [0.1, 0.15) is 17.3 Å². The van der Waals surface area contributed by atoms with Gasteiger partial charge in [0.25, 0.3) is 17.5 Å². The first kappa shape index (κ1) is 20.4. The fourth-order valence-electron chi connectivity index (χ4n) is 3.44. The Bertz CT molecular complexity index is 1030.